The molecule has 12 heavy (non-hydrogen) atoms. The first-order valence-corrected chi connectivity index (χ1v) is 4.39. The minimum atomic E-state index is -2.23. The van der Waals surface area contributed by atoms with Gasteiger partial charge in [0.1, 0.15) is 0 Å². The highest BCUT2D eigenvalue weighted by Gasteiger charge is 2.22. The lowest BCUT2D eigenvalue weighted by Crippen LogP contribution is -2.47. The van der Waals surface area contributed by atoms with Crippen LogP contribution in [0.3, 0.4) is 0 Å². The second kappa shape index (κ2) is 4.72. The van der Waals surface area contributed by atoms with Crippen LogP contribution in [0.15, 0.2) is 0 Å². The third kappa shape index (κ3) is 3.03. The summed E-state index contributed by atoms with van der Waals surface area (Å²) >= 11 is 0. The topological polar surface area (TPSA) is 24.1 Å². The zero-order valence-electron chi connectivity index (χ0n) is 7.32. The van der Waals surface area contributed by atoms with Crippen LogP contribution < -0.4 is 10.6 Å². The molecule has 1 aliphatic rings. The van der Waals surface area contributed by atoms with Gasteiger partial charge >= 0.3 is 0 Å². The summed E-state index contributed by atoms with van der Waals surface area (Å²) in [5.41, 5.74) is 0. The predicted molar refractivity (Wildman–Crippen MR) is 44.4 cm³/mol. The monoisotopic (exact) mass is 178 g/mol. The zero-order chi connectivity index (χ0) is 8.97. The number of halogens is 2. The Morgan fingerprint density at radius 1 is 1.42 bits per heavy atom. The van der Waals surface area contributed by atoms with E-state index >= 15 is 0 Å². The summed E-state index contributed by atoms with van der Waals surface area (Å²) in [7, 11) is 0. The second-order valence-electron chi connectivity index (χ2n) is 3.44. The SMILES string of the molecule is CC(CNCC(F)F)C1CNC1. The van der Waals surface area contributed by atoms with Gasteiger partial charge in [-0.3, -0.25) is 0 Å². The van der Waals surface area contributed by atoms with Crippen LogP contribution in [-0.4, -0.2) is 32.6 Å². The van der Waals surface area contributed by atoms with Gasteiger partial charge in [0, 0.05) is 0 Å². The van der Waals surface area contributed by atoms with Gasteiger partial charge < -0.3 is 10.6 Å². The van der Waals surface area contributed by atoms with Gasteiger partial charge in [-0.2, -0.15) is 0 Å². The average molecular weight is 178 g/mol. The van der Waals surface area contributed by atoms with Gasteiger partial charge in [0.05, 0.1) is 6.54 Å². The fraction of sp³-hybridized carbons (Fsp3) is 1.00. The summed E-state index contributed by atoms with van der Waals surface area (Å²) in [6.45, 7) is 4.71. The molecule has 1 saturated heterocycles. The van der Waals surface area contributed by atoms with E-state index in [0.717, 1.165) is 13.1 Å². The lowest BCUT2D eigenvalue weighted by Gasteiger charge is -2.32. The van der Waals surface area contributed by atoms with Gasteiger partial charge in [0.25, 0.3) is 6.43 Å². The lowest BCUT2D eigenvalue weighted by molar-refractivity contribution is 0.140. The molecule has 0 spiro atoms. The van der Waals surface area contributed by atoms with Gasteiger partial charge in [-0.05, 0) is 31.5 Å². The molecule has 1 atom stereocenters. The number of rotatable bonds is 5. The van der Waals surface area contributed by atoms with Crippen molar-refractivity contribution in [2.75, 3.05) is 26.2 Å². The van der Waals surface area contributed by atoms with Crippen molar-refractivity contribution in [1.29, 1.82) is 0 Å². The molecule has 0 aromatic heterocycles. The van der Waals surface area contributed by atoms with E-state index in [9.17, 15) is 8.78 Å². The smallest absolute Gasteiger partial charge is 0.250 e. The van der Waals surface area contributed by atoms with E-state index in [2.05, 4.69) is 17.6 Å². The maximum atomic E-state index is 11.7. The summed E-state index contributed by atoms with van der Waals surface area (Å²) in [6, 6.07) is 0. The molecule has 2 N–H and O–H groups in total. The van der Waals surface area contributed by atoms with Crippen molar-refractivity contribution in [3.8, 4) is 0 Å². The van der Waals surface area contributed by atoms with Crippen molar-refractivity contribution in [1.82, 2.24) is 10.6 Å². The van der Waals surface area contributed by atoms with Gasteiger partial charge in [-0.25, -0.2) is 8.78 Å². The van der Waals surface area contributed by atoms with Crippen LogP contribution in [0, 0.1) is 11.8 Å². The van der Waals surface area contributed by atoms with Crippen molar-refractivity contribution < 1.29 is 8.78 Å². The molecule has 0 amide bonds. The molecule has 1 unspecified atom stereocenters. The Bertz CT molecular complexity index is 126. The minimum absolute atomic E-state index is 0.176. The highest BCUT2D eigenvalue weighted by atomic mass is 19.3. The number of hydrogen-bond donors (Lipinski definition) is 2. The standard InChI is InChI=1S/C8H16F2N2/c1-6(7-3-12-4-7)2-11-5-8(9)10/h6-8,11-12H,2-5H2,1H3. The average Bonchev–Trinajstić information content (AvgIpc) is 1.81. The molecule has 0 aromatic carbocycles. The maximum absolute atomic E-state index is 11.7. The zero-order valence-corrected chi connectivity index (χ0v) is 7.32. The highest BCUT2D eigenvalue weighted by Crippen LogP contribution is 2.14. The fourth-order valence-corrected chi connectivity index (χ4v) is 1.30. The van der Waals surface area contributed by atoms with Crippen molar-refractivity contribution in [3.63, 3.8) is 0 Å². The summed E-state index contributed by atoms with van der Waals surface area (Å²) in [5.74, 6) is 1.18. The molecule has 1 heterocycles. The largest absolute Gasteiger partial charge is 0.316 e. The van der Waals surface area contributed by atoms with E-state index < -0.39 is 6.43 Å². The fourth-order valence-electron chi connectivity index (χ4n) is 1.30. The molecule has 2 nitrogen and oxygen atoms in total. The summed E-state index contributed by atoms with van der Waals surface area (Å²) in [4.78, 5) is 0. The molecule has 1 aliphatic heterocycles. The van der Waals surface area contributed by atoms with Crippen LogP contribution in [0.2, 0.25) is 0 Å². The highest BCUT2D eigenvalue weighted by molar-refractivity contribution is 4.80. The van der Waals surface area contributed by atoms with Crippen molar-refractivity contribution in [2.45, 2.75) is 13.3 Å². The first kappa shape index (κ1) is 9.86. The van der Waals surface area contributed by atoms with E-state index in [4.69, 9.17) is 0 Å². The Hall–Kier alpha value is -0.220. The molecule has 0 aliphatic carbocycles. The number of alkyl halides is 2. The Kier molecular flexibility index (Phi) is 3.88. The molecule has 0 saturated carbocycles. The molecule has 4 heteroatoms. The van der Waals surface area contributed by atoms with Crippen molar-refractivity contribution in [3.05, 3.63) is 0 Å². The van der Waals surface area contributed by atoms with E-state index in [1.54, 1.807) is 0 Å². The predicted octanol–water partition coefficient (Wildman–Crippen LogP) is 0.697. The van der Waals surface area contributed by atoms with E-state index in [-0.39, 0.29) is 6.54 Å². The summed E-state index contributed by atoms with van der Waals surface area (Å²) < 4.78 is 23.4. The molecule has 1 fully saturated rings. The molecular weight excluding hydrogens is 162 g/mol. The molecule has 0 radical (unpaired) electrons. The number of nitrogens with one attached hydrogen (secondary N) is 2. The molecule has 1 rings (SSSR count). The van der Waals surface area contributed by atoms with Crippen LogP contribution in [0.4, 0.5) is 8.78 Å². The van der Waals surface area contributed by atoms with Crippen LogP contribution in [0.25, 0.3) is 0 Å². The van der Waals surface area contributed by atoms with Gasteiger partial charge in [-0.1, -0.05) is 6.92 Å². The second-order valence-corrected chi connectivity index (χ2v) is 3.44. The number of hydrogen-bond acceptors (Lipinski definition) is 2. The van der Waals surface area contributed by atoms with E-state index in [1.165, 1.54) is 0 Å². The Morgan fingerprint density at radius 2 is 2.08 bits per heavy atom. The Balaban J connectivity index is 1.98. The molecule has 72 valence electrons. The molecule has 0 aromatic rings. The van der Waals surface area contributed by atoms with Crippen molar-refractivity contribution in [2.24, 2.45) is 11.8 Å². The van der Waals surface area contributed by atoms with Crippen LogP contribution >= 0.6 is 0 Å². The summed E-state index contributed by atoms with van der Waals surface area (Å²) in [6.07, 6.45) is -2.23. The molecule has 0 bridgehead atoms. The quantitative estimate of drug-likeness (QED) is 0.647. The van der Waals surface area contributed by atoms with E-state index in [0.29, 0.717) is 18.4 Å². The first-order valence-electron chi connectivity index (χ1n) is 4.39. The van der Waals surface area contributed by atoms with Crippen LogP contribution in [-0.2, 0) is 0 Å². The summed E-state index contributed by atoms with van der Waals surface area (Å²) in [5, 5.41) is 5.92. The Morgan fingerprint density at radius 3 is 2.50 bits per heavy atom. The lowest BCUT2D eigenvalue weighted by atomic mass is 9.89. The Labute approximate surface area is 71.7 Å². The van der Waals surface area contributed by atoms with Crippen LogP contribution in [0.1, 0.15) is 6.92 Å². The van der Waals surface area contributed by atoms with Gasteiger partial charge in [0.15, 0.2) is 0 Å². The van der Waals surface area contributed by atoms with Gasteiger partial charge in [0.2, 0.25) is 0 Å². The third-order valence-electron chi connectivity index (χ3n) is 2.38. The first-order chi connectivity index (χ1) is 5.70. The third-order valence-corrected chi connectivity index (χ3v) is 2.38. The van der Waals surface area contributed by atoms with Crippen molar-refractivity contribution >= 4 is 0 Å². The maximum Gasteiger partial charge on any atom is 0.250 e. The normalized spacial score (nSPS) is 21.0. The van der Waals surface area contributed by atoms with Gasteiger partial charge in [-0.15, -0.1) is 0 Å². The van der Waals surface area contributed by atoms with Crippen LogP contribution in [0.5, 0.6) is 0 Å². The van der Waals surface area contributed by atoms with E-state index in [1.807, 2.05) is 0 Å². The molecular formula is C8H16F2N2. The minimum Gasteiger partial charge on any atom is -0.316 e.